The Kier molecular flexibility index (Phi) is 2.14. The molecule has 0 aliphatic rings. The average molecular weight is 189 g/mol. The van der Waals surface area contributed by atoms with E-state index in [2.05, 4.69) is 45.9 Å². The Bertz CT molecular complexity index is 421. The molecule has 1 heterocycles. The number of hydrogen-bond acceptors (Lipinski definition) is 4. The lowest BCUT2D eigenvalue weighted by Crippen LogP contribution is -1.93. The normalized spacial score (nSPS) is 10.1. The molecule has 0 saturated carbocycles. The van der Waals surface area contributed by atoms with Crippen LogP contribution in [0.15, 0.2) is 18.2 Å². The molecular weight excluding hydrogens is 178 g/mol. The number of aromatic nitrogens is 4. The Balaban J connectivity index is 2.22. The van der Waals surface area contributed by atoms with E-state index in [1.54, 1.807) is 0 Å². The number of nitrogens with zero attached hydrogens (tertiary/aromatic N) is 3. The van der Waals surface area contributed by atoms with Gasteiger partial charge in [-0.05, 0) is 42.3 Å². The first-order chi connectivity index (χ1) is 6.75. The van der Waals surface area contributed by atoms with Crippen LogP contribution in [-0.4, -0.2) is 20.6 Å². The lowest BCUT2D eigenvalue weighted by Gasteiger charge is -2.04. The van der Waals surface area contributed by atoms with Crippen LogP contribution in [0.2, 0.25) is 0 Å². The number of nitrogens with one attached hydrogen (secondary N) is 2. The molecule has 0 spiro atoms. The third-order valence-electron chi connectivity index (χ3n) is 2.11. The maximum absolute atomic E-state index is 3.81. The monoisotopic (exact) mass is 189 g/mol. The van der Waals surface area contributed by atoms with Crippen LogP contribution < -0.4 is 5.32 Å². The van der Waals surface area contributed by atoms with Gasteiger partial charge >= 0.3 is 0 Å². The summed E-state index contributed by atoms with van der Waals surface area (Å²) in [4.78, 5) is 0. The van der Waals surface area contributed by atoms with Gasteiger partial charge in [0.1, 0.15) is 0 Å². The highest BCUT2D eigenvalue weighted by Gasteiger charge is 1.99. The maximum atomic E-state index is 3.81. The fourth-order valence-electron chi connectivity index (χ4n) is 1.16. The van der Waals surface area contributed by atoms with Crippen molar-refractivity contribution in [3.63, 3.8) is 0 Å². The van der Waals surface area contributed by atoms with Gasteiger partial charge in [0.25, 0.3) is 5.95 Å². The van der Waals surface area contributed by atoms with E-state index in [1.807, 2.05) is 12.1 Å². The number of aromatic amines is 1. The van der Waals surface area contributed by atoms with Crippen LogP contribution in [0, 0.1) is 13.8 Å². The molecule has 1 aromatic heterocycles. The predicted octanol–water partition coefficient (Wildman–Crippen LogP) is 1.56. The Morgan fingerprint density at radius 3 is 2.71 bits per heavy atom. The molecule has 0 radical (unpaired) electrons. The molecule has 0 bridgehead atoms. The zero-order chi connectivity index (χ0) is 9.97. The van der Waals surface area contributed by atoms with Crippen LogP contribution in [0.5, 0.6) is 0 Å². The summed E-state index contributed by atoms with van der Waals surface area (Å²) in [5, 5.41) is 16.5. The molecule has 0 saturated heterocycles. The van der Waals surface area contributed by atoms with Crippen molar-refractivity contribution in [2.45, 2.75) is 13.8 Å². The molecule has 5 heteroatoms. The van der Waals surface area contributed by atoms with Gasteiger partial charge in [0.15, 0.2) is 0 Å². The van der Waals surface area contributed by atoms with E-state index in [9.17, 15) is 0 Å². The van der Waals surface area contributed by atoms with Gasteiger partial charge in [-0.25, -0.2) is 0 Å². The highest BCUT2D eigenvalue weighted by Crippen LogP contribution is 2.16. The van der Waals surface area contributed by atoms with Gasteiger partial charge in [-0.2, -0.15) is 5.21 Å². The lowest BCUT2D eigenvalue weighted by atomic mass is 10.1. The molecule has 0 aliphatic carbocycles. The second-order valence-electron chi connectivity index (χ2n) is 3.16. The van der Waals surface area contributed by atoms with Gasteiger partial charge in [-0.1, -0.05) is 11.2 Å². The van der Waals surface area contributed by atoms with Crippen LogP contribution in [0.3, 0.4) is 0 Å². The average Bonchev–Trinajstić information content (AvgIpc) is 2.64. The molecule has 14 heavy (non-hydrogen) atoms. The third-order valence-corrected chi connectivity index (χ3v) is 2.11. The molecule has 2 aromatic rings. The van der Waals surface area contributed by atoms with Gasteiger partial charge in [-0.3, -0.25) is 0 Å². The first kappa shape index (κ1) is 8.68. The second kappa shape index (κ2) is 3.45. The van der Waals surface area contributed by atoms with Gasteiger partial charge in [0.2, 0.25) is 0 Å². The Hall–Kier alpha value is -1.91. The topological polar surface area (TPSA) is 66.5 Å². The standard InChI is InChI=1S/C9H11N5/c1-6-3-4-8(5-7(6)2)10-9-11-13-14-12-9/h3-5H,1-2H3,(H2,10,11,12,13,14). The van der Waals surface area contributed by atoms with Crippen molar-refractivity contribution in [2.24, 2.45) is 0 Å². The fourth-order valence-corrected chi connectivity index (χ4v) is 1.16. The molecule has 0 atom stereocenters. The third kappa shape index (κ3) is 1.71. The minimum Gasteiger partial charge on any atom is -0.322 e. The molecule has 0 fully saturated rings. The molecule has 0 amide bonds. The largest absolute Gasteiger partial charge is 0.322 e. The van der Waals surface area contributed by atoms with E-state index >= 15 is 0 Å². The Morgan fingerprint density at radius 1 is 1.21 bits per heavy atom. The summed E-state index contributed by atoms with van der Waals surface area (Å²) in [6, 6.07) is 6.09. The number of aryl methyl sites for hydroxylation is 2. The summed E-state index contributed by atoms with van der Waals surface area (Å²) in [6.45, 7) is 4.14. The van der Waals surface area contributed by atoms with Crippen LogP contribution in [0.25, 0.3) is 0 Å². The van der Waals surface area contributed by atoms with E-state index in [-0.39, 0.29) is 0 Å². The number of benzene rings is 1. The van der Waals surface area contributed by atoms with Crippen molar-refractivity contribution in [2.75, 3.05) is 5.32 Å². The fraction of sp³-hybridized carbons (Fsp3) is 0.222. The van der Waals surface area contributed by atoms with Crippen molar-refractivity contribution < 1.29 is 0 Å². The van der Waals surface area contributed by atoms with Crippen LogP contribution in [0.1, 0.15) is 11.1 Å². The lowest BCUT2D eigenvalue weighted by molar-refractivity contribution is 0.881. The summed E-state index contributed by atoms with van der Waals surface area (Å²) >= 11 is 0. The molecule has 2 rings (SSSR count). The first-order valence-corrected chi connectivity index (χ1v) is 4.33. The molecule has 1 aromatic carbocycles. The van der Waals surface area contributed by atoms with Crippen LogP contribution in [-0.2, 0) is 0 Å². The summed E-state index contributed by atoms with van der Waals surface area (Å²) < 4.78 is 0. The minimum atomic E-state index is 0.480. The SMILES string of the molecule is Cc1ccc(Nc2nn[nH]n2)cc1C. The summed E-state index contributed by atoms with van der Waals surface area (Å²) in [6.07, 6.45) is 0. The molecule has 0 unspecified atom stereocenters. The molecule has 0 aliphatic heterocycles. The van der Waals surface area contributed by atoms with Gasteiger partial charge in [-0.15, -0.1) is 5.10 Å². The maximum Gasteiger partial charge on any atom is 0.267 e. The van der Waals surface area contributed by atoms with Gasteiger partial charge in [0.05, 0.1) is 0 Å². The number of tetrazole rings is 1. The highest BCUT2D eigenvalue weighted by atomic mass is 15.5. The molecular formula is C9H11N5. The minimum absolute atomic E-state index is 0.480. The zero-order valence-electron chi connectivity index (χ0n) is 8.07. The Labute approximate surface area is 81.5 Å². The molecule has 2 N–H and O–H groups in total. The number of hydrogen-bond donors (Lipinski definition) is 2. The number of rotatable bonds is 2. The zero-order valence-corrected chi connectivity index (χ0v) is 8.07. The Morgan fingerprint density at radius 2 is 2.07 bits per heavy atom. The second-order valence-corrected chi connectivity index (χ2v) is 3.16. The predicted molar refractivity (Wildman–Crippen MR) is 53.4 cm³/mol. The first-order valence-electron chi connectivity index (χ1n) is 4.33. The van der Waals surface area contributed by atoms with Crippen LogP contribution >= 0.6 is 0 Å². The molecule has 72 valence electrons. The van der Waals surface area contributed by atoms with Crippen molar-refractivity contribution in [1.82, 2.24) is 20.6 Å². The van der Waals surface area contributed by atoms with E-state index in [0.717, 1.165) is 5.69 Å². The smallest absolute Gasteiger partial charge is 0.267 e. The van der Waals surface area contributed by atoms with Crippen LogP contribution in [0.4, 0.5) is 11.6 Å². The van der Waals surface area contributed by atoms with Crippen molar-refractivity contribution in [3.8, 4) is 0 Å². The number of H-pyrrole nitrogens is 1. The van der Waals surface area contributed by atoms with E-state index < -0.39 is 0 Å². The van der Waals surface area contributed by atoms with Crippen molar-refractivity contribution in [1.29, 1.82) is 0 Å². The molecule has 5 nitrogen and oxygen atoms in total. The quantitative estimate of drug-likeness (QED) is 0.752. The highest BCUT2D eigenvalue weighted by molar-refractivity contribution is 5.54. The van der Waals surface area contributed by atoms with Crippen molar-refractivity contribution in [3.05, 3.63) is 29.3 Å². The summed E-state index contributed by atoms with van der Waals surface area (Å²) in [5.41, 5.74) is 3.47. The van der Waals surface area contributed by atoms with E-state index in [4.69, 9.17) is 0 Å². The van der Waals surface area contributed by atoms with Crippen molar-refractivity contribution >= 4 is 11.6 Å². The summed E-state index contributed by atoms with van der Waals surface area (Å²) in [7, 11) is 0. The van der Waals surface area contributed by atoms with Gasteiger partial charge < -0.3 is 5.32 Å². The number of anilines is 2. The summed E-state index contributed by atoms with van der Waals surface area (Å²) in [5.74, 6) is 0.480. The van der Waals surface area contributed by atoms with Gasteiger partial charge in [0, 0.05) is 5.69 Å². The van der Waals surface area contributed by atoms with E-state index in [0.29, 0.717) is 5.95 Å². The van der Waals surface area contributed by atoms with E-state index in [1.165, 1.54) is 11.1 Å².